The normalized spacial score (nSPS) is 13.2. The molecule has 0 radical (unpaired) electrons. The predicted octanol–water partition coefficient (Wildman–Crippen LogP) is 3.63. The van der Waals surface area contributed by atoms with Crippen LogP contribution in [0.1, 0.15) is 61.8 Å². The van der Waals surface area contributed by atoms with Crippen molar-refractivity contribution < 1.29 is 9.53 Å². The minimum atomic E-state index is -0.342. The summed E-state index contributed by atoms with van der Waals surface area (Å²) in [5.74, 6) is 0.678. The molecule has 19 heavy (non-hydrogen) atoms. The molecule has 0 fully saturated rings. The van der Waals surface area contributed by atoms with Gasteiger partial charge in [0, 0.05) is 12.0 Å². The molecule has 0 aliphatic carbocycles. The van der Waals surface area contributed by atoms with Crippen LogP contribution in [0.25, 0.3) is 0 Å². The monoisotopic (exact) mass is 271 g/mol. The molecule has 1 amide bonds. The van der Waals surface area contributed by atoms with Crippen LogP contribution < -0.4 is 5.32 Å². The van der Waals surface area contributed by atoms with Gasteiger partial charge in [-0.2, -0.15) is 0 Å². The average molecular weight is 271 g/mol. The highest BCUT2D eigenvalue weighted by molar-refractivity contribution is 5.81. The van der Waals surface area contributed by atoms with Crippen molar-refractivity contribution in [2.45, 2.75) is 67.9 Å². The second-order valence-electron chi connectivity index (χ2n) is 7.38. The van der Waals surface area contributed by atoms with Crippen LogP contribution in [0.15, 0.2) is 0 Å². The molecule has 1 N–H and O–H groups in total. The van der Waals surface area contributed by atoms with Gasteiger partial charge in [-0.3, -0.25) is 4.79 Å². The van der Waals surface area contributed by atoms with Gasteiger partial charge in [-0.25, -0.2) is 0 Å². The minimum Gasteiger partial charge on any atom is -0.377 e. The summed E-state index contributed by atoms with van der Waals surface area (Å²) < 4.78 is 5.43. The second-order valence-corrected chi connectivity index (χ2v) is 7.38. The standard InChI is InChI=1S/C16H33NO2/c1-12(2)15(5,6)11-16(7,8)14(18)17-9-10-19-13(3)4/h12-13H,9-11H2,1-8H3,(H,17,18). The van der Waals surface area contributed by atoms with Crippen molar-refractivity contribution in [2.24, 2.45) is 16.7 Å². The van der Waals surface area contributed by atoms with Gasteiger partial charge in [0.1, 0.15) is 0 Å². The van der Waals surface area contributed by atoms with Gasteiger partial charge >= 0.3 is 0 Å². The smallest absolute Gasteiger partial charge is 0.225 e. The molecular weight excluding hydrogens is 238 g/mol. The number of ether oxygens (including phenoxy) is 1. The Kier molecular flexibility index (Phi) is 7.06. The Morgan fingerprint density at radius 2 is 1.63 bits per heavy atom. The molecular formula is C16H33NO2. The third-order valence-corrected chi connectivity index (χ3v) is 3.91. The highest BCUT2D eigenvalue weighted by Crippen LogP contribution is 2.39. The van der Waals surface area contributed by atoms with Crippen LogP contribution >= 0.6 is 0 Å². The highest BCUT2D eigenvalue weighted by atomic mass is 16.5. The zero-order chi connectivity index (χ0) is 15.3. The maximum absolute atomic E-state index is 12.2. The van der Waals surface area contributed by atoms with E-state index < -0.39 is 0 Å². The molecule has 0 heterocycles. The maximum atomic E-state index is 12.2. The number of carbonyl (C=O) groups is 1. The van der Waals surface area contributed by atoms with Crippen molar-refractivity contribution in [3.8, 4) is 0 Å². The quantitative estimate of drug-likeness (QED) is 0.685. The number of hydrogen-bond acceptors (Lipinski definition) is 2. The van der Waals surface area contributed by atoms with Gasteiger partial charge in [0.05, 0.1) is 12.7 Å². The van der Waals surface area contributed by atoms with Crippen molar-refractivity contribution in [2.75, 3.05) is 13.2 Å². The first-order valence-electron chi connectivity index (χ1n) is 7.39. The van der Waals surface area contributed by atoms with Crippen molar-refractivity contribution in [3.63, 3.8) is 0 Å². The SMILES string of the molecule is CC(C)OCCNC(=O)C(C)(C)CC(C)(C)C(C)C. The first-order valence-corrected chi connectivity index (χ1v) is 7.39. The average Bonchev–Trinajstić information content (AvgIpc) is 2.21. The maximum Gasteiger partial charge on any atom is 0.225 e. The largest absolute Gasteiger partial charge is 0.377 e. The Labute approximate surface area is 119 Å². The Morgan fingerprint density at radius 1 is 1.11 bits per heavy atom. The molecule has 3 heteroatoms. The van der Waals surface area contributed by atoms with E-state index in [4.69, 9.17) is 4.74 Å². The molecule has 0 saturated heterocycles. The van der Waals surface area contributed by atoms with Crippen molar-refractivity contribution in [1.29, 1.82) is 0 Å². The fourth-order valence-corrected chi connectivity index (χ4v) is 2.12. The molecule has 0 aromatic heterocycles. The number of amides is 1. The van der Waals surface area contributed by atoms with Crippen LogP contribution in [0.4, 0.5) is 0 Å². The van der Waals surface area contributed by atoms with E-state index in [1.165, 1.54) is 0 Å². The first kappa shape index (κ1) is 18.4. The summed E-state index contributed by atoms with van der Waals surface area (Å²) in [4.78, 5) is 12.2. The molecule has 0 aromatic carbocycles. The van der Waals surface area contributed by atoms with E-state index in [2.05, 4.69) is 33.0 Å². The third kappa shape index (κ3) is 6.95. The van der Waals surface area contributed by atoms with Crippen LogP contribution in [0.2, 0.25) is 0 Å². The molecule has 0 atom stereocenters. The lowest BCUT2D eigenvalue weighted by molar-refractivity contribution is -0.131. The van der Waals surface area contributed by atoms with Gasteiger partial charge in [0.2, 0.25) is 5.91 Å². The summed E-state index contributed by atoms with van der Waals surface area (Å²) in [6.07, 6.45) is 1.10. The summed E-state index contributed by atoms with van der Waals surface area (Å²) in [6, 6.07) is 0. The van der Waals surface area contributed by atoms with E-state index >= 15 is 0 Å². The zero-order valence-electron chi connectivity index (χ0n) is 14.1. The molecule has 0 aliphatic rings. The summed E-state index contributed by atoms with van der Waals surface area (Å²) in [5, 5.41) is 2.98. The van der Waals surface area contributed by atoms with Gasteiger partial charge in [0.15, 0.2) is 0 Å². The highest BCUT2D eigenvalue weighted by Gasteiger charge is 2.35. The Balaban J connectivity index is 4.29. The van der Waals surface area contributed by atoms with Gasteiger partial charge in [0.25, 0.3) is 0 Å². The van der Waals surface area contributed by atoms with Crippen LogP contribution in [0.5, 0.6) is 0 Å². The lowest BCUT2D eigenvalue weighted by Crippen LogP contribution is -2.42. The van der Waals surface area contributed by atoms with Gasteiger partial charge in [-0.15, -0.1) is 0 Å². The van der Waals surface area contributed by atoms with Crippen molar-refractivity contribution >= 4 is 5.91 Å². The van der Waals surface area contributed by atoms with Gasteiger partial charge < -0.3 is 10.1 Å². The van der Waals surface area contributed by atoms with Crippen LogP contribution in [0.3, 0.4) is 0 Å². The van der Waals surface area contributed by atoms with Crippen LogP contribution in [-0.4, -0.2) is 25.2 Å². The Hall–Kier alpha value is -0.570. The minimum absolute atomic E-state index is 0.119. The number of rotatable bonds is 8. The van der Waals surface area contributed by atoms with E-state index in [0.717, 1.165) is 6.42 Å². The number of hydrogen-bond donors (Lipinski definition) is 1. The van der Waals surface area contributed by atoms with Gasteiger partial charge in [-0.1, -0.05) is 41.5 Å². The topological polar surface area (TPSA) is 38.3 Å². The van der Waals surface area contributed by atoms with E-state index in [1.54, 1.807) is 0 Å². The first-order chi connectivity index (χ1) is 8.49. The molecule has 0 bridgehead atoms. The molecule has 0 unspecified atom stereocenters. The van der Waals surface area contributed by atoms with Crippen molar-refractivity contribution in [3.05, 3.63) is 0 Å². The van der Waals surface area contributed by atoms with E-state index in [1.807, 2.05) is 27.7 Å². The molecule has 3 nitrogen and oxygen atoms in total. The van der Waals surface area contributed by atoms with Crippen molar-refractivity contribution in [1.82, 2.24) is 5.32 Å². The Bertz CT molecular complexity index is 280. The molecule has 114 valence electrons. The summed E-state index contributed by atoms with van der Waals surface area (Å²) in [7, 11) is 0. The lowest BCUT2D eigenvalue weighted by Gasteiger charge is -2.37. The fourth-order valence-electron chi connectivity index (χ4n) is 2.12. The van der Waals surface area contributed by atoms with Crippen LogP contribution in [0, 0.1) is 16.7 Å². The zero-order valence-corrected chi connectivity index (χ0v) is 14.1. The molecule has 0 aromatic rings. The molecule has 0 saturated carbocycles. The predicted molar refractivity (Wildman–Crippen MR) is 81.1 cm³/mol. The second kappa shape index (κ2) is 7.28. The number of carbonyl (C=O) groups excluding carboxylic acids is 1. The van der Waals surface area contributed by atoms with E-state index in [0.29, 0.717) is 19.1 Å². The Morgan fingerprint density at radius 3 is 2.05 bits per heavy atom. The molecule has 0 aliphatic heterocycles. The van der Waals surface area contributed by atoms with Gasteiger partial charge in [-0.05, 0) is 31.6 Å². The van der Waals surface area contributed by atoms with E-state index in [9.17, 15) is 4.79 Å². The number of nitrogens with one attached hydrogen (secondary N) is 1. The third-order valence-electron chi connectivity index (χ3n) is 3.91. The molecule has 0 spiro atoms. The lowest BCUT2D eigenvalue weighted by atomic mass is 9.69. The van der Waals surface area contributed by atoms with E-state index in [-0.39, 0.29) is 22.8 Å². The fraction of sp³-hybridized carbons (Fsp3) is 0.938. The summed E-state index contributed by atoms with van der Waals surface area (Å²) in [6.45, 7) is 18.1. The summed E-state index contributed by atoms with van der Waals surface area (Å²) in [5.41, 5.74) is -0.180. The van der Waals surface area contributed by atoms with Crippen LogP contribution in [-0.2, 0) is 9.53 Å². The summed E-state index contributed by atoms with van der Waals surface area (Å²) >= 11 is 0. The molecule has 0 rings (SSSR count).